The smallest absolute Gasteiger partial charge is 0.00431 e. The molecule has 0 heterocycles. The van der Waals surface area contributed by atoms with E-state index in [0.717, 1.165) is 29.7 Å². The quantitative estimate of drug-likeness (QED) is 0.653. The van der Waals surface area contributed by atoms with Crippen molar-refractivity contribution in [3.8, 4) is 0 Å². The zero-order chi connectivity index (χ0) is 7.47. The highest BCUT2D eigenvalue weighted by Crippen LogP contribution is 2.73. The lowest BCUT2D eigenvalue weighted by Crippen LogP contribution is -2.15. The van der Waals surface area contributed by atoms with Gasteiger partial charge in [0.2, 0.25) is 0 Å². The summed E-state index contributed by atoms with van der Waals surface area (Å²) in [5, 5.41) is 0. The normalized spacial score (nSPS) is 40.6. The Balaban J connectivity index is 1.78. The molecule has 3 aliphatic carbocycles. The first-order chi connectivity index (χ1) is 5.38. The zero-order valence-corrected chi connectivity index (χ0v) is 7.05. The molecular weight excluding hydrogens is 134 g/mol. The summed E-state index contributed by atoms with van der Waals surface area (Å²) in [4.78, 5) is 0. The van der Waals surface area contributed by atoms with Crippen LogP contribution in [0.5, 0.6) is 0 Å². The van der Waals surface area contributed by atoms with Gasteiger partial charge < -0.3 is 5.73 Å². The van der Waals surface area contributed by atoms with Crippen molar-refractivity contribution in [1.82, 2.24) is 0 Å². The van der Waals surface area contributed by atoms with Crippen LogP contribution in [0, 0.1) is 23.2 Å². The molecule has 3 rings (SSSR count). The Morgan fingerprint density at radius 3 is 1.91 bits per heavy atom. The van der Waals surface area contributed by atoms with Crippen LogP contribution in [0.3, 0.4) is 0 Å². The number of hydrogen-bond acceptors (Lipinski definition) is 1. The molecule has 0 bridgehead atoms. The number of rotatable bonds is 3. The molecule has 0 spiro atoms. The van der Waals surface area contributed by atoms with Crippen LogP contribution < -0.4 is 5.73 Å². The van der Waals surface area contributed by atoms with Gasteiger partial charge >= 0.3 is 0 Å². The Kier molecular flexibility index (Phi) is 1.07. The highest BCUT2D eigenvalue weighted by molar-refractivity contribution is 5.16. The molecule has 3 saturated carbocycles. The van der Waals surface area contributed by atoms with Crippen molar-refractivity contribution in [1.29, 1.82) is 0 Å². The minimum Gasteiger partial charge on any atom is -0.330 e. The van der Waals surface area contributed by atoms with Crippen LogP contribution in [0.1, 0.15) is 32.1 Å². The van der Waals surface area contributed by atoms with Crippen molar-refractivity contribution in [2.45, 2.75) is 32.1 Å². The van der Waals surface area contributed by atoms with Gasteiger partial charge in [-0.15, -0.1) is 0 Å². The molecule has 1 unspecified atom stereocenters. The minimum absolute atomic E-state index is 0.814. The largest absolute Gasteiger partial charge is 0.330 e. The second-order valence-electron chi connectivity index (χ2n) is 4.80. The third-order valence-electron chi connectivity index (χ3n) is 4.16. The van der Waals surface area contributed by atoms with Gasteiger partial charge in [0.25, 0.3) is 0 Å². The lowest BCUT2D eigenvalue weighted by Gasteiger charge is -2.14. The third kappa shape index (κ3) is 0.752. The first-order valence-corrected chi connectivity index (χ1v) is 5.08. The van der Waals surface area contributed by atoms with Crippen LogP contribution in [0.2, 0.25) is 0 Å². The van der Waals surface area contributed by atoms with E-state index in [9.17, 15) is 0 Å². The third-order valence-corrected chi connectivity index (χ3v) is 4.16. The summed E-state index contributed by atoms with van der Waals surface area (Å²) in [7, 11) is 0. The van der Waals surface area contributed by atoms with Gasteiger partial charge in [0.05, 0.1) is 0 Å². The Bertz CT molecular complexity index is 167. The molecule has 0 amide bonds. The molecule has 62 valence electrons. The maximum absolute atomic E-state index is 5.74. The topological polar surface area (TPSA) is 26.0 Å². The predicted octanol–water partition coefficient (Wildman–Crippen LogP) is 1.77. The SMILES string of the molecule is NCC1CC1(C1CC1)C1CC1. The number of nitrogens with two attached hydrogens (primary N) is 1. The van der Waals surface area contributed by atoms with E-state index in [0.29, 0.717) is 0 Å². The van der Waals surface area contributed by atoms with Gasteiger partial charge in [0, 0.05) is 0 Å². The van der Waals surface area contributed by atoms with Crippen molar-refractivity contribution in [2.75, 3.05) is 6.54 Å². The van der Waals surface area contributed by atoms with E-state index in [4.69, 9.17) is 5.73 Å². The van der Waals surface area contributed by atoms with Crippen molar-refractivity contribution < 1.29 is 0 Å². The fourth-order valence-corrected chi connectivity index (χ4v) is 3.25. The van der Waals surface area contributed by atoms with E-state index in [1.165, 1.54) is 32.1 Å². The maximum atomic E-state index is 5.74. The Morgan fingerprint density at radius 1 is 1.09 bits per heavy atom. The van der Waals surface area contributed by atoms with Crippen LogP contribution in [-0.4, -0.2) is 6.54 Å². The lowest BCUT2D eigenvalue weighted by atomic mass is 9.91. The summed E-state index contributed by atoms with van der Waals surface area (Å²) >= 11 is 0. The lowest BCUT2D eigenvalue weighted by molar-refractivity contribution is 0.341. The molecule has 0 radical (unpaired) electrons. The number of hydrogen-bond donors (Lipinski definition) is 1. The minimum atomic E-state index is 0.814. The molecule has 0 aromatic carbocycles. The van der Waals surface area contributed by atoms with E-state index in [1.54, 1.807) is 0 Å². The molecule has 3 fully saturated rings. The summed E-state index contributed by atoms with van der Waals surface area (Å²) in [5.74, 6) is 3.16. The van der Waals surface area contributed by atoms with E-state index in [1.807, 2.05) is 0 Å². The van der Waals surface area contributed by atoms with Crippen LogP contribution >= 0.6 is 0 Å². The van der Waals surface area contributed by atoms with Gasteiger partial charge in [-0.1, -0.05) is 0 Å². The average Bonchev–Trinajstić information content (AvgIpc) is 2.82. The highest BCUT2D eigenvalue weighted by atomic mass is 14.8. The van der Waals surface area contributed by atoms with Gasteiger partial charge in [-0.05, 0) is 61.8 Å². The standard InChI is InChI=1S/C10H17N/c11-6-9-5-10(9,7-1-2-7)8-3-4-8/h7-9H,1-6,11H2. The summed E-state index contributed by atoms with van der Waals surface area (Å²) in [5.41, 5.74) is 6.55. The molecular formula is C10H17N. The molecule has 0 aromatic rings. The first-order valence-electron chi connectivity index (χ1n) is 5.08. The molecule has 1 atom stereocenters. The second kappa shape index (κ2) is 1.82. The Labute approximate surface area is 68.3 Å². The van der Waals surface area contributed by atoms with Crippen LogP contribution in [-0.2, 0) is 0 Å². The first kappa shape index (κ1) is 6.47. The summed E-state index contributed by atoms with van der Waals surface area (Å²) < 4.78 is 0. The van der Waals surface area contributed by atoms with Crippen LogP contribution in [0.4, 0.5) is 0 Å². The second-order valence-corrected chi connectivity index (χ2v) is 4.80. The predicted molar refractivity (Wildman–Crippen MR) is 45.0 cm³/mol. The fourth-order valence-electron chi connectivity index (χ4n) is 3.25. The monoisotopic (exact) mass is 151 g/mol. The maximum Gasteiger partial charge on any atom is -0.00431 e. The van der Waals surface area contributed by atoms with Gasteiger partial charge in [0.15, 0.2) is 0 Å². The van der Waals surface area contributed by atoms with E-state index in [2.05, 4.69) is 0 Å². The van der Waals surface area contributed by atoms with Gasteiger partial charge in [-0.25, -0.2) is 0 Å². The van der Waals surface area contributed by atoms with Crippen molar-refractivity contribution >= 4 is 0 Å². The summed E-state index contributed by atoms with van der Waals surface area (Å²) in [6, 6.07) is 0. The molecule has 0 saturated heterocycles. The van der Waals surface area contributed by atoms with Crippen LogP contribution in [0.15, 0.2) is 0 Å². The molecule has 0 aromatic heterocycles. The molecule has 1 heteroatoms. The zero-order valence-electron chi connectivity index (χ0n) is 7.05. The van der Waals surface area contributed by atoms with Crippen LogP contribution in [0.25, 0.3) is 0 Å². The molecule has 3 aliphatic rings. The van der Waals surface area contributed by atoms with Crippen molar-refractivity contribution in [2.24, 2.45) is 28.9 Å². The van der Waals surface area contributed by atoms with E-state index < -0.39 is 0 Å². The van der Waals surface area contributed by atoms with Gasteiger partial charge in [-0.3, -0.25) is 0 Å². The molecule has 0 aliphatic heterocycles. The highest BCUT2D eigenvalue weighted by Gasteiger charge is 2.66. The van der Waals surface area contributed by atoms with Gasteiger partial charge in [0.1, 0.15) is 0 Å². The van der Waals surface area contributed by atoms with Crippen molar-refractivity contribution in [3.63, 3.8) is 0 Å². The molecule has 2 N–H and O–H groups in total. The fraction of sp³-hybridized carbons (Fsp3) is 1.00. The van der Waals surface area contributed by atoms with E-state index >= 15 is 0 Å². The van der Waals surface area contributed by atoms with Crippen molar-refractivity contribution in [3.05, 3.63) is 0 Å². The summed E-state index contributed by atoms with van der Waals surface area (Å²) in [6.45, 7) is 0.965. The van der Waals surface area contributed by atoms with Gasteiger partial charge in [-0.2, -0.15) is 0 Å². The van der Waals surface area contributed by atoms with E-state index in [-0.39, 0.29) is 0 Å². The Hall–Kier alpha value is -0.0400. The molecule has 1 nitrogen and oxygen atoms in total. The average molecular weight is 151 g/mol. The Morgan fingerprint density at radius 2 is 1.64 bits per heavy atom. The summed E-state index contributed by atoms with van der Waals surface area (Å²) in [6.07, 6.45) is 7.57. The molecule has 11 heavy (non-hydrogen) atoms.